The molecule has 0 saturated heterocycles. The molecule has 124 valence electrons. The van der Waals surface area contributed by atoms with Crippen LogP contribution >= 0.6 is 11.8 Å². The van der Waals surface area contributed by atoms with Gasteiger partial charge in [0.1, 0.15) is 12.6 Å². The fourth-order valence-electron chi connectivity index (χ4n) is 2.58. The Bertz CT molecular complexity index is 565. The molecule has 2 atom stereocenters. The van der Waals surface area contributed by atoms with Crippen LogP contribution in [0.15, 0.2) is 46.8 Å². The van der Waals surface area contributed by atoms with Gasteiger partial charge in [0, 0.05) is 15.9 Å². The molecule has 1 aliphatic rings. The van der Waals surface area contributed by atoms with E-state index in [0.717, 1.165) is 25.0 Å². The highest BCUT2D eigenvalue weighted by Gasteiger charge is 2.23. The number of carbonyl (C=O) groups is 1. The summed E-state index contributed by atoms with van der Waals surface area (Å²) < 4.78 is 5.09. The molecule has 23 heavy (non-hydrogen) atoms. The van der Waals surface area contributed by atoms with Crippen molar-refractivity contribution in [3.63, 3.8) is 0 Å². The monoisotopic (exact) mass is 331 g/mol. The fourth-order valence-corrected chi connectivity index (χ4v) is 3.80. The summed E-state index contributed by atoms with van der Waals surface area (Å²) in [5, 5.41) is 0.362. The molecule has 4 heteroatoms. The van der Waals surface area contributed by atoms with Gasteiger partial charge in [-0.15, -0.1) is 11.8 Å². The van der Waals surface area contributed by atoms with Crippen molar-refractivity contribution in [3.8, 4) is 0 Å². The van der Waals surface area contributed by atoms with E-state index in [0.29, 0.717) is 5.25 Å². The summed E-state index contributed by atoms with van der Waals surface area (Å²) in [7, 11) is 0. The quantitative estimate of drug-likeness (QED) is 0.565. The summed E-state index contributed by atoms with van der Waals surface area (Å²) in [6.07, 6.45) is 6.04. The van der Waals surface area contributed by atoms with Gasteiger partial charge in [0.2, 0.25) is 0 Å². The number of carbonyl (C=O) groups excluding carboxylic acids is 1. The molecule has 3 nitrogen and oxygen atoms in total. The highest BCUT2D eigenvalue weighted by Crippen LogP contribution is 2.32. The van der Waals surface area contributed by atoms with Gasteiger partial charge < -0.3 is 4.74 Å². The lowest BCUT2D eigenvalue weighted by Crippen LogP contribution is -2.26. The minimum Gasteiger partial charge on any atom is -0.460 e. The van der Waals surface area contributed by atoms with Crippen LogP contribution < -0.4 is 0 Å². The van der Waals surface area contributed by atoms with Crippen LogP contribution in [-0.4, -0.2) is 29.6 Å². The lowest BCUT2D eigenvalue weighted by Gasteiger charge is -2.24. The summed E-state index contributed by atoms with van der Waals surface area (Å²) in [4.78, 5) is 17.8. The summed E-state index contributed by atoms with van der Waals surface area (Å²) in [6, 6.07) is 8.15. The van der Waals surface area contributed by atoms with E-state index in [2.05, 4.69) is 42.8 Å². The predicted molar refractivity (Wildman–Crippen MR) is 97.3 cm³/mol. The van der Waals surface area contributed by atoms with E-state index in [1.165, 1.54) is 16.9 Å². The molecule has 2 rings (SSSR count). The lowest BCUT2D eigenvalue weighted by molar-refractivity contribution is -0.143. The maximum Gasteiger partial charge on any atom is 0.330 e. The average molecular weight is 331 g/mol. The van der Waals surface area contributed by atoms with Crippen LogP contribution in [0.5, 0.6) is 0 Å². The molecule has 1 fully saturated rings. The van der Waals surface area contributed by atoms with Crippen molar-refractivity contribution >= 4 is 23.4 Å². The third-order valence-corrected chi connectivity index (χ3v) is 5.20. The number of esters is 1. The zero-order valence-electron chi connectivity index (χ0n) is 14.0. The van der Waals surface area contributed by atoms with Crippen molar-refractivity contribution in [1.29, 1.82) is 0 Å². The van der Waals surface area contributed by atoms with Gasteiger partial charge in [0.15, 0.2) is 0 Å². The number of aliphatic imine (C=N–C) groups is 1. The molecule has 0 aliphatic heterocycles. The number of hydrogen-bond donors (Lipinski definition) is 0. The van der Waals surface area contributed by atoms with Gasteiger partial charge in [-0.05, 0) is 45.2 Å². The van der Waals surface area contributed by atoms with E-state index in [9.17, 15) is 4.79 Å². The van der Waals surface area contributed by atoms with Crippen molar-refractivity contribution in [2.45, 2.75) is 55.7 Å². The van der Waals surface area contributed by atoms with Crippen LogP contribution in [0.2, 0.25) is 0 Å². The Labute approximate surface area is 143 Å². The Morgan fingerprint density at radius 1 is 1.43 bits per heavy atom. The Morgan fingerprint density at radius 3 is 2.87 bits per heavy atom. The minimum atomic E-state index is -0.441. The van der Waals surface area contributed by atoms with Crippen LogP contribution in [0.25, 0.3) is 0 Å². The number of aryl methyl sites for hydroxylation is 1. The molecule has 1 aliphatic carbocycles. The van der Waals surface area contributed by atoms with Gasteiger partial charge in [-0.2, -0.15) is 0 Å². The van der Waals surface area contributed by atoms with Crippen molar-refractivity contribution in [1.82, 2.24) is 0 Å². The zero-order valence-corrected chi connectivity index (χ0v) is 14.8. The van der Waals surface area contributed by atoms with Crippen molar-refractivity contribution in [3.05, 3.63) is 42.5 Å². The van der Waals surface area contributed by atoms with Crippen LogP contribution in [0, 0.1) is 6.92 Å². The number of ether oxygens (including phenoxy) is 1. The largest absolute Gasteiger partial charge is 0.460 e. The van der Waals surface area contributed by atoms with E-state index >= 15 is 0 Å². The molecular weight excluding hydrogens is 306 g/mol. The van der Waals surface area contributed by atoms with Crippen molar-refractivity contribution in [2.75, 3.05) is 6.61 Å². The van der Waals surface area contributed by atoms with E-state index in [1.807, 2.05) is 11.8 Å². The molecule has 0 heterocycles. The standard InChI is InChI=1S/C19H25NO2S/c1-4-13-22-19(21)15(3)20-17-7-5-6-8-18(17)23-16-11-9-14(2)10-12-16/h4,9-12,15,18H,1,5-8,13H2,2-3H3/t15-,18?/m0/s1. The third kappa shape index (κ3) is 5.54. The van der Waals surface area contributed by atoms with Gasteiger partial charge >= 0.3 is 5.97 Å². The summed E-state index contributed by atoms with van der Waals surface area (Å²) in [5.41, 5.74) is 2.41. The van der Waals surface area contributed by atoms with Crippen molar-refractivity contribution in [2.24, 2.45) is 4.99 Å². The second-order valence-electron chi connectivity index (χ2n) is 5.88. The maximum absolute atomic E-state index is 11.9. The SMILES string of the molecule is C=CCOC(=O)[C@H](C)N=C1CCCCC1Sc1ccc(C)cc1. The number of benzene rings is 1. The second kappa shape index (κ2) is 8.92. The Hall–Kier alpha value is -1.55. The normalized spacial score (nSPS) is 21.0. The minimum absolute atomic E-state index is 0.246. The molecule has 0 bridgehead atoms. The molecule has 0 amide bonds. The van der Waals surface area contributed by atoms with E-state index < -0.39 is 6.04 Å². The number of nitrogens with zero attached hydrogens (tertiary/aromatic N) is 1. The first-order valence-corrected chi connectivity index (χ1v) is 9.05. The third-order valence-electron chi connectivity index (χ3n) is 3.86. The molecule has 0 spiro atoms. The fraction of sp³-hybridized carbons (Fsp3) is 0.474. The molecular formula is C19H25NO2S. The van der Waals surface area contributed by atoms with Crippen LogP contribution in [0.4, 0.5) is 0 Å². The molecule has 0 radical (unpaired) electrons. The average Bonchev–Trinajstić information content (AvgIpc) is 2.56. The number of hydrogen-bond acceptors (Lipinski definition) is 4. The molecule has 1 aromatic carbocycles. The first kappa shape index (κ1) is 17.8. The first-order chi connectivity index (χ1) is 11.1. The van der Waals surface area contributed by atoms with Crippen LogP contribution in [0.1, 0.15) is 38.2 Å². The molecule has 1 unspecified atom stereocenters. The van der Waals surface area contributed by atoms with E-state index in [-0.39, 0.29) is 12.6 Å². The molecule has 1 saturated carbocycles. The molecule has 0 N–H and O–H groups in total. The van der Waals surface area contributed by atoms with Crippen LogP contribution in [0.3, 0.4) is 0 Å². The molecule has 0 aromatic heterocycles. The topological polar surface area (TPSA) is 38.7 Å². The summed E-state index contributed by atoms with van der Waals surface area (Å²) in [5.74, 6) is -0.276. The highest BCUT2D eigenvalue weighted by molar-refractivity contribution is 8.00. The van der Waals surface area contributed by atoms with Crippen molar-refractivity contribution < 1.29 is 9.53 Å². The zero-order chi connectivity index (χ0) is 16.7. The summed E-state index contributed by atoms with van der Waals surface area (Å²) in [6.45, 7) is 7.70. The summed E-state index contributed by atoms with van der Waals surface area (Å²) >= 11 is 1.85. The first-order valence-electron chi connectivity index (χ1n) is 8.17. The number of rotatable bonds is 6. The highest BCUT2D eigenvalue weighted by atomic mass is 32.2. The lowest BCUT2D eigenvalue weighted by atomic mass is 9.97. The Kier molecular flexibility index (Phi) is 6.90. The van der Waals surface area contributed by atoms with E-state index in [4.69, 9.17) is 4.74 Å². The predicted octanol–water partition coefficient (Wildman–Crippen LogP) is 4.59. The van der Waals surface area contributed by atoms with Gasteiger partial charge in [-0.3, -0.25) is 4.99 Å². The maximum atomic E-state index is 11.9. The second-order valence-corrected chi connectivity index (χ2v) is 7.16. The smallest absolute Gasteiger partial charge is 0.330 e. The Balaban J connectivity index is 2.04. The number of thioether (sulfide) groups is 1. The van der Waals surface area contributed by atoms with Crippen LogP contribution in [-0.2, 0) is 9.53 Å². The van der Waals surface area contributed by atoms with Gasteiger partial charge in [-0.25, -0.2) is 4.79 Å². The van der Waals surface area contributed by atoms with Gasteiger partial charge in [-0.1, -0.05) is 36.8 Å². The Morgan fingerprint density at radius 2 is 2.17 bits per heavy atom. The van der Waals surface area contributed by atoms with Gasteiger partial charge in [0.05, 0.1) is 0 Å². The van der Waals surface area contributed by atoms with E-state index in [1.54, 1.807) is 13.0 Å². The molecule has 1 aromatic rings. The van der Waals surface area contributed by atoms with Gasteiger partial charge in [0.25, 0.3) is 0 Å².